The molecule has 0 fully saturated rings. The predicted molar refractivity (Wildman–Crippen MR) is 100 cm³/mol. The van der Waals surface area contributed by atoms with Crippen molar-refractivity contribution in [3.63, 3.8) is 0 Å². The number of hydrogen-bond acceptors (Lipinski definition) is 4. The maximum Gasteiger partial charge on any atom is 0.331 e. The van der Waals surface area contributed by atoms with Crippen molar-refractivity contribution in [2.24, 2.45) is 0 Å². The number of para-hydroxylation sites is 1. The number of carbonyl (C=O) groups is 2. The topological polar surface area (TPSA) is 55.8 Å². The quantitative estimate of drug-likeness (QED) is 0.599. The van der Waals surface area contributed by atoms with Crippen molar-refractivity contribution in [3.05, 3.63) is 65.5 Å². The summed E-state index contributed by atoms with van der Waals surface area (Å²) in [6, 6.07) is 12.0. The van der Waals surface area contributed by atoms with Gasteiger partial charge < -0.3 is 14.4 Å². The van der Waals surface area contributed by atoms with E-state index in [0.29, 0.717) is 5.56 Å². The highest BCUT2D eigenvalue weighted by atomic mass is 19.1. The SMILES string of the molecule is COc1ccc(/C=C/C(=O)OCC(=O)N2c3ccccc3C[C@H]2C)cc1F. The highest BCUT2D eigenvalue weighted by molar-refractivity contribution is 5.98. The van der Waals surface area contributed by atoms with Gasteiger partial charge in [-0.3, -0.25) is 4.79 Å². The lowest BCUT2D eigenvalue weighted by atomic mass is 10.1. The molecule has 0 bridgehead atoms. The molecule has 1 amide bonds. The molecule has 1 heterocycles. The highest BCUT2D eigenvalue weighted by Crippen LogP contribution is 2.31. The van der Waals surface area contributed by atoms with Gasteiger partial charge in [-0.05, 0) is 48.7 Å². The van der Waals surface area contributed by atoms with E-state index in [1.807, 2.05) is 31.2 Å². The number of rotatable bonds is 5. The van der Waals surface area contributed by atoms with Crippen molar-refractivity contribution in [2.45, 2.75) is 19.4 Å². The number of esters is 1. The van der Waals surface area contributed by atoms with Crippen molar-refractivity contribution in [1.29, 1.82) is 0 Å². The maximum absolute atomic E-state index is 13.6. The molecule has 6 heteroatoms. The number of nitrogens with zero attached hydrogens (tertiary/aromatic N) is 1. The van der Waals surface area contributed by atoms with E-state index in [2.05, 4.69) is 0 Å². The van der Waals surface area contributed by atoms with Gasteiger partial charge in [-0.2, -0.15) is 0 Å². The van der Waals surface area contributed by atoms with Crippen molar-refractivity contribution in [1.82, 2.24) is 0 Å². The van der Waals surface area contributed by atoms with Crippen LogP contribution in [0.4, 0.5) is 10.1 Å². The van der Waals surface area contributed by atoms with E-state index in [9.17, 15) is 14.0 Å². The van der Waals surface area contributed by atoms with Crippen LogP contribution >= 0.6 is 0 Å². The van der Waals surface area contributed by atoms with Crippen LogP contribution in [0.3, 0.4) is 0 Å². The third-order valence-electron chi connectivity index (χ3n) is 4.40. The fourth-order valence-corrected chi connectivity index (χ4v) is 3.15. The number of fused-ring (bicyclic) bond motifs is 1. The van der Waals surface area contributed by atoms with E-state index in [1.54, 1.807) is 11.0 Å². The Morgan fingerprint density at radius 2 is 2.04 bits per heavy atom. The molecule has 0 spiro atoms. The third kappa shape index (κ3) is 4.16. The smallest absolute Gasteiger partial charge is 0.331 e. The zero-order valence-corrected chi connectivity index (χ0v) is 15.1. The van der Waals surface area contributed by atoms with E-state index in [1.165, 1.54) is 25.3 Å². The van der Waals surface area contributed by atoms with E-state index in [0.717, 1.165) is 23.7 Å². The van der Waals surface area contributed by atoms with Crippen LogP contribution in [-0.2, 0) is 20.7 Å². The molecule has 0 unspecified atom stereocenters. The summed E-state index contributed by atoms with van der Waals surface area (Å²) in [5, 5.41) is 0. The van der Waals surface area contributed by atoms with Crippen molar-refractivity contribution in [2.75, 3.05) is 18.6 Å². The van der Waals surface area contributed by atoms with E-state index >= 15 is 0 Å². The second-order valence-corrected chi connectivity index (χ2v) is 6.28. The summed E-state index contributed by atoms with van der Waals surface area (Å²) in [4.78, 5) is 26.0. The molecule has 2 aromatic rings. The van der Waals surface area contributed by atoms with Crippen molar-refractivity contribution in [3.8, 4) is 5.75 Å². The molecule has 0 radical (unpaired) electrons. The zero-order valence-electron chi connectivity index (χ0n) is 15.1. The first-order valence-electron chi connectivity index (χ1n) is 8.58. The molecule has 0 N–H and O–H groups in total. The van der Waals surface area contributed by atoms with Gasteiger partial charge in [0.25, 0.3) is 5.91 Å². The van der Waals surface area contributed by atoms with E-state index < -0.39 is 11.8 Å². The van der Waals surface area contributed by atoms with Gasteiger partial charge in [0.1, 0.15) is 0 Å². The van der Waals surface area contributed by atoms with Crippen LogP contribution in [-0.4, -0.2) is 31.6 Å². The number of methoxy groups -OCH3 is 1. The van der Waals surface area contributed by atoms with Gasteiger partial charge >= 0.3 is 5.97 Å². The number of ether oxygens (including phenoxy) is 2. The fraction of sp³-hybridized carbons (Fsp3) is 0.238. The van der Waals surface area contributed by atoms with Crippen molar-refractivity contribution < 1.29 is 23.5 Å². The molecule has 0 saturated carbocycles. The minimum absolute atomic E-state index is 0.0198. The summed E-state index contributed by atoms with van der Waals surface area (Å²) >= 11 is 0. The maximum atomic E-state index is 13.6. The Kier molecular flexibility index (Phi) is 5.54. The molecule has 3 rings (SSSR count). The largest absolute Gasteiger partial charge is 0.494 e. The molecule has 1 aliphatic heterocycles. The number of benzene rings is 2. The Morgan fingerprint density at radius 1 is 1.26 bits per heavy atom. The minimum Gasteiger partial charge on any atom is -0.494 e. The van der Waals surface area contributed by atoms with Crippen LogP contribution in [0.25, 0.3) is 6.08 Å². The van der Waals surface area contributed by atoms with Gasteiger partial charge in [-0.25, -0.2) is 9.18 Å². The second-order valence-electron chi connectivity index (χ2n) is 6.28. The molecule has 0 saturated heterocycles. The second kappa shape index (κ2) is 8.03. The first-order chi connectivity index (χ1) is 13.0. The van der Waals surface area contributed by atoms with Gasteiger partial charge in [0.15, 0.2) is 18.2 Å². The number of halogens is 1. The predicted octanol–water partition coefficient (Wildman–Crippen LogP) is 3.37. The number of carbonyl (C=O) groups excluding carboxylic acids is 2. The van der Waals surface area contributed by atoms with Crippen molar-refractivity contribution >= 4 is 23.6 Å². The first kappa shape index (κ1) is 18.6. The summed E-state index contributed by atoms with van der Waals surface area (Å²) in [5.41, 5.74) is 2.44. The first-order valence-corrected chi connectivity index (χ1v) is 8.58. The molecule has 2 aromatic carbocycles. The number of hydrogen-bond donors (Lipinski definition) is 0. The molecule has 1 atom stereocenters. The standard InChI is InChI=1S/C21H20FNO4/c1-14-11-16-5-3-4-6-18(16)23(14)20(24)13-27-21(25)10-8-15-7-9-19(26-2)17(22)12-15/h3-10,12,14H,11,13H2,1-2H3/b10-8+/t14-/m1/s1. The van der Waals surface area contributed by atoms with Crippen LogP contribution in [0.15, 0.2) is 48.5 Å². The van der Waals surface area contributed by atoms with Gasteiger partial charge in [0.05, 0.1) is 7.11 Å². The molecule has 5 nitrogen and oxygen atoms in total. The molecular formula is C21H20FNO4. The van der Waals surface area contributed by atoms with E-state index in [-0.39, 0.29) is 24.3 Å². The highest BCUT2D eigenvalue weighted by Gasteiger charge is 2.30. The Balaban J connectivity index is 1.58. The molecule has 0 aromatic heterocycles. The summed E-state index contributed by atoms with van der Waals surface area (Å²) < 4.78 is 23.5. The summed E-state index contributed by atoms with van der Waals surface area (Å²) in [6.07, 6.45) is 3.36. The molecule has 0 aliphatic carbocycles. The summed E-state index contributed by atoms with van der Waals surface area (Å²) in [7, 11) is 1.38. The molecule has 1 aliphatic rings. The van der Waals surface area contributed by atoms with Crippen LogP contribution in [0.5, 0.6) is 5.75 Å². The third-order valence-corrected chi connectivity index (χ3v) is 4.40. The van der Waals surface area contributed by atoms with Gasteiger partial charge in [0.2, 0.25) is 0 Å². The van der Waals surface area contributed by atoms with Crippen LogP contribution in [0.1, 0.15) is 18.1 Å². The van der Waals surface area contributed by atoms with Gasteiger partial charge in [0, 0.05) is 17.8 Å². The van der Waals surface area contributed by atoms with E-state index in [4.69, 9.17) is 9.47 Å². The monoisotopic (exact) mass is 369 g/mol. The number of amides is 1. The average Bonchev–Trinajstić information content (AvgIpc) is 3.00. The molecule has 27 heavy (non-hydrogen) atoms. The Labute approximate surface area is 157 Å². The lowest BCUT2D eigenvalue weighted by molar-refractivity contribution is -0.143. The minimum atomic E-state index is -0.667. The zero-order chi connectivity index (χ0) is 19.4. The average molecular weight is 369 g/mol. The summed E-state index contributed by atoms with van der Waals surface area (Å²) in [5.74, 6) is -1.34. The lowest BCUT2D eigenvalue weighted by Gasteiger charge is -2.22. The van der Waals surface area contributed by atoms with Crippen LogP contribution in [0, 0.1) is 5.82 Å². The van der Waals surface area contributed by atoms with Crippen LogP contribution < -0.4 is 9.64 Å². The van der Waals surface area contributed by atoms with Crippen LogP contribution in [0.2, 0.25) is 0 Å². The Bertz CT molecular complexity index is 894. The summed E-state index contributed by atoms with van der Waals surface area (Å²) in [6.45, 7) is 1.61. The Hall–Kier alpha value is -3.15. The normalized spacial score (nSPS) is 15.7. The van der Waals surface area contributed by atoms with Gasteiger partial charge in [-0.1, -0.05) is 24.3 Å². The Morgan fingerprint density at radius 3 is 2.78 bits per heavy atom. The molecular weight excluding hydrogens is 349 g/mol. The fourth-order valence-electron chi connectivity index (χ4n) is 3.15. The van der Waals surface area contributed by atoms with Gasteiger partial charge in [-0.15, -0.1) is 0 Å². The lowest BCUT2D eigenvalue weighted by Crippen LogP contribution is -2.38. The number of anilines is 1. The molecule has 140 valence electrons.